The summed E-state index contributed by atoms with van der Waals surface area (Å²) in [7, 11) is 3.20. The van der Waals surface area contributed by atoms with Crippen LogP contribution in [0, 0.1) is 0 Å². The van der Waals surface area contributed by atoms with E-state index in [0.29, 0.717) is 17.3 Å². The second-order valence-electron chi connectivity index (χ2n) is 3.06. The van der Waals surface area contributed by atoms with Crippen molar-refractivity contribution >= 4 is 17.5 Å². The second-order valence-corrected chi connectivity index (χ2v) is 3.59. The van der Waals surface area contributed by atoms with E-state index < -0.39 is 0 Å². The summed E-state index contributed by atoms with van der Waals surface area (Å²) in [5.74, 6) is 1.82. The first-order valence-electron chi connectivity index (χ1n) is 4.56. The minimum absolute atomic E-state index is 0.400. The van der Waals surface area contributed by atoms with Crippen LogP contribution in [0.15, 0.2) is 18.2 Å². The molecule has 0 spiro atoms. The molecule has 2 aromatic rings. The molecule has 1 aromatic carbocycles. The Bertz CT molecular complexity index is 499. The fourth-order valence-electron chi connectivity index (χ4n) is 1.38. The molecule has 0 bridgehead atoms. The van der Waals surface area contributed by atoms with E-state index in [4.69, 9.17) is 15.2 Å². The molecule has 16 heavy (non-hydrogen) atoms. The van der Waals surface area contributed by atoms with Crippen molar-refractivity contribution in [3.05, 3.63) is 18.2 Å². The second kappa shape index (κ2) is 4.36. The van der Waals surface area contributed by atoms with Crippen LogP contribution < -0.4 is 15.2 Å². The Morgan fingerprint density at radius 3 is 2.56 bits per heavy atom. The van der Waals surface area contributed by atoms with Crippen molar-refractivity contribution in [2.24, 2.45) is 0 Å². The average molecular weight is 237 g/mol. The highest BCUT2D eigenvalue weighted by Gasteiger charge is 2.13. The van der Waals surface area contributed by atoms with E-state index in [1.165, 1.54) is 0 Å². The molecule has 0 atom stereocenters. The van der Waals surface area contributed by atoms with Crippen molar-refractivity contribution in [3.8, 4) is 22.8 Å². The maximum Gasteiger partial charge on any atom is 0.165 e. The topological polar surface area (TPSA) is 70.3 Å². The summed E-state index contributed by atoms with van der Waals surface area (Å²) in [6.45, 7) is 0. The lowest BCUT2D eigenvalue weighted by atomic mass is 10.1. The van der Waals surface area contributed by atoms with Crippen molar-refractivity contribution in [1.29, 1.82) is 0 Å². The molecule has 1 heterocycles. The minimum Gasteiger partial charge on any atom is -0.497 e. The summed E-state index contributed by atoms with van der Waals surface area (Å²) in [5.41, 5.74) is 7.14. The van der Waals surface area contributed by atoms with Gasteiger partial charge in [0, 0.05) is 0 Å². The first-order chi connectivity index (χ1) is 7.76. The summed E-state index contributed by atoms with van der Waals surface area (Å²) in [6.07, 6.45) is 0. The molecule has 0 unspecified atom stereocenters. The predicted octanol–water partition coefficient (Wildman–Crippen LogP) is 1.80. The Morgan fingerprint density at radius 1 is 1.19 bits per heavy atom. The first kappa shape index (κ1) is 10.7. The monoisotopic (exact) mass is 237 g/mol. The number of rotatable bonds is 3. The normalized spacial score (nSPS) is 10.1. The highest BCUT2D eigenvalue weighted by molar-refractivity contribution is 6.99. The van der Waals surface area contributed by atoms with Crippen LogP contribution in [-0.2, 0) is 0 Å². The molecule has 0 saturated heterocycles. The molecule has 0 aliphatic rings. The summed E-state index contributed by atoms with van der Waals surface area (Å²) < 4.78 is 18.5. The van der Waals surface area contributed by atoms with Crippen molar-refractivity contribution in [2.75, 3.05) is 20.0 Å². The van der Waals surface area contributed by atoms with Crippen molar-refractivity contribution < 1.29 is 9.47 Å². The molecule has 0 amide bonds. The zero-order valence-electron chi connectivity index (χ0n) is 8.93. The highest BCUT2D eigenvalue weighted by Crippen LogP contribution is 2.35. The smallest absolute Gasteiger partial charge is 0.165 e. The zero-order valence-corrected chi connectivity index (χ0v) is 9.75. The third-order valence-corrected chi connectivity index (χ3v) is 2.72. The minimum atomic E-state index is 0.400. The Balaban J connectivity index is 2.57. The first-order valence-corrected chi connectivity index (χ1v) is 5.29. The van der Waals surface area contributed by atoms with E-state index in [0.717, 1.165) is 23.0 Å². The lowest BCUT2D eigenvalue weighted by Gasteiger charge is -2.08. The fourth-order valence-corrected chi connectivity index (χ4v) is 1.87. The lowest BCUT2D eigenvalue weighted by molar-refractivity contribution is 0.404. The van der Waals surface area contributed by atoms with Crippen LogP contribution >= 0.6 is 11.7 Å². The Kier molecular flexibility index (Phi) is 2.91. The molecule has 2 rings (SSSR count). The van der Waals surface area contributed by atoms with Gasteiger partial charge in [-0.2, -0.15) is 8.75 Å². The standard InChI is InChI=1S/C10H11N3O2S/c1-14-6-3-4-8(15-2)7(5-6)9-10(11)13-16-12-9/h3-5H,1-2H3,(H2,11,13). The van der Waals surface area contributed by atoms with Crippen molar-refractivity contribution in [2.45, 2.75) is 0 Å². The number of aromatic nitrogens is 2. The van der Waals surface area contributed by atoms with E-state index in [1.807, 2.05) is 18.2 Å². The Hall–Kier alpha value is -1.82. The SMILES string of the molecule is COc1ccc(OC)c(-c2nsnc2N)c1. The van der Waals surface area contributed by atoms with Gasteiger partial charge in [0.1, 0.15) is 17.2 Å². The number of methoxy groups -OCH3 is 2. The third kappa shape index (κ3) is 1.79. The lowest BCUT2D eigenvalue weighted by Crippen LogP contribution is -1.93. The molecule has 1 aromatic heterocycles. The number of nitrogens with zero attached hydrogens (tertiary/aromatic N) is 2. The maximum absolute atomic E-state index is 5.73. The number of anilines is 1. The van der Waals surface area contributed by atoms with Crippen LogP contribution in [-0.4, -0.2) is 23.0 Å². The van der Waals surface area contributed by atoms with Gasteiger partial charge in [-0.3, -0.25) is 0 Å². The third-order valence-electron chi connectivity index (χ3n) is 2.18. The highest BCUT2D eigenvalue weighted by atomic mass is 32.1. The van der Waals surface area contributed by atoms with E-state index in [9.17, 15) is 0 Å². The van der Waals surface area contributed by atoms with Gasteiger partial charge in [0.25, 0.3) is 0 Å². The van der Waals surface area contributed by atoms with Gasteiger partial charge >= 0.3 is 0 Å². The van der Waals surface area contributed by atoms with Crippen LogP contribution in [0.25, 0.3) is 11.3 Å². The number of hydrogen-bond acceptors (Lipinski definition) is 6. The van der Waals surface area contributed by atoms with E-state index in [-0.39, 0.29) is 0 Å². The van der Waals surface area contributed by atoms with Crippen LogP contribution in [0.3, 0.4) is 0 Å². The summed E-state index contributed by atoms with van der Waals surface area (Å²) in [5, 5.41) is 0. The Morgan fingerprint density at radius 2 is 2.00 bits per heavy atom. The molecule has 0 radical (unpaired) electrons. The predicted molar refractivity (Wildman–Crippen MR) is 62.9 cm³/mol. The molecule has 6 heteroatoms. The number of benzene rings is 1. The van der Waals surface area contributed by atoms with Crippen LogP contribution in [0.5, 0.6) is 11.5 Å². The summed E-state index contributed by atoms with van der Waals surface area (Å²) >= 11 is 1.07. The van der Waals surface area contributed by atoms with Gasteiger partial charge in [0.05, 0.1) is 31.5 Å². The van der Waals surface area contributed by atoms with Crippen molar-refractivity contribution in [3.63, 3.8) is 0 Å². The van der Waals surface area contributed by atoms with Crippen molar-refractivity contribution in [1.82, 2.24) is 8.75 Å². The maximum atomic E-state index is 5.73. The molecule has 84 valence electrons. The molecule has 0 fully saturated rings. The summed E-state index contributed by atoms with van der Waals surface area (Å²) in [6, 6.07) is 5.46. The fraction of sp³-hybridized carbons (Fsp3) is 0.200. The van der Waals surface area contributed by atoms with E-state index in [2.05, 4.69) is 8.75 Å². The Labute approximate surface area is 97.1 Å². The van der Waals surface area contributed by atoms with Gasteiger partial charge in [-0.05, 0) is 18.2 Å². The molecular formula is C10H11N3O2S. The average Bonchev–Trinajstić information content (AvgIpc) is 2.74. The van der Waals surface area contributed by atoms with Gasteiger partial charge in [-0.25, -0.2) is 0 Å². The molecule has 5 nitrogen and oxygen atoms in total. The van der Waals surface area contributed by atoms with E-state index >= 15 is 0 Å². The molecule has 0 aliphatic heterocycles. The molecule has 2 N–H and O–H groups in total. The number of hydrogen-bond donors (Lipinski definition) is 1. The van der Waals surface area contributed by atoms with Gasteiger partial charge in [0.2, 0.25) is 0 Å². The quantitative estimate of drug-likeness (QED) is 0.881. The number of nitrogens with two attached hydrogens (primary N) is 1. The van der Waals surface area contributed by atoms with Gasteiger partial charge in [-0.1, -0.05) is 0 Å². The molecule has 0 aliphatic carbocycles. The van der Waals surface area contributed by atoms with Crippen LogP contribution in [0.2, 0.25) is 0 Å². The zero-order chi connectivity index (χ0) is 11.5. The van der Waals surface area contributed by atoms with E-state index in [1.54, 1.807) is 14.2 Å². The summed E-state index contributed by atoms with van der Waals surface area (Å²) in [4.78, 5) is 0. The van der Waals surface area contributed by atoms with Crippen LogP contribution in [0.1, 0.15) is 0 Å². The number of ether oxygens (including phenoxy) is 2. The number of nitrogen functional groups attached to an aromatic ring is 1. The van der Waals surface area contributed by atoms with Gasteiger partial charge in [0.15, 0.2) is 5.82 Å². The molecule has 0 saturated carbocycles. The molecular weight excluding hydrogens is 226 g/mol. The van der Waals surface area contributed by atoms with Crippen LogP contribution in [0.4, 0.5) is 5.82 Å². The van der Waals surface area contributed by atoms with Gasteiger partial charge < -0.3 is 15.2 Å². The van der Waals surface area contributed by atoms with Gasteiger partial charge in [-0.15, -0.1) is 0 Å². The largest absolute Gasteiger partial charge is 0.497 e.